The number of amides is 1. The fraction of sp³-hybridized carbons (Fsp3) is 0.733. The maximum atomic E-state index is 12.5. The fourth-order valence-electron chi connectivity index (χ4n) is 5.43. The van der Waals surface area contributed by atoms with Gasteiger partial charge in [0.05, 0.1) is 19.6 Å². The minimum Gasteiger partial charge on any atom is -0.493 e. The Balaban J connectivity index is 2.31. The van der Waals surface area contributed by atoms with Gasteiger partial charge in [-0.05, 0) is 60.1 Å². The van der Waals surface area contributed by atoms with Crippen molar-refractivity contribution in [3.05, 3.63) is 23.8 Å². The van der Waals surface area contributed by atoms with Crippen LogP contribution in [0.2, 0.25) is 0 Å². The van der Waals surface area contributed by atoms with E-state index in [2.05, 4.69) is 27.7 Å². The molecule has 1 amide bonds. The summed E-state index contributed by atoms with van der Waals surface area (Å²) in [6, 6.07) is 6.00. The molecule has 1 aliphatic rings. The van der Waals surface area contributed by atoms with Gasteiger partial charge in [-0.25, -0.2) is 4.79 Å². The summed E-state index contributed by atoms with van der Waals surface area (Å²) in [6.45, 7) is 14.1. The van der Waals surface area contributed by atoms with Crippen LogP contribution in [0, 0.1) is 29.1 Å². The average Bonchev–Trinajstić information content (AvgIpc) is 3.21. The van der Waals surface area contributed by atoms with Crippen LogP contribution < -0.4 is 15.2 Å². The zero-order chi connectivity index (χ0) is 28.5. The van der Waals surface area contributed by atoms with Gasteiger partial charge in [0, 0.05) is 26.6 Å². The van der Waals surface area contributed by atoms with Crippen LogP contribution >= 0.6 is 0 Å². The van der Waals surface area contributed by atoms with Crippen molar-refractivity contribution in [3.63, 3.8) is 0 Å². The van der Waals surface area contributed by atoms with Crippen molar-refractivity contribution in [2.45, 2.75) is 85.9 Å². The van der Waals surface area contributed by atoms with Crippen molar-refractivity contribution in [2.75, 3.05) is 27.4 Å². The first-order chi connectivity index (χ1) is 17.8. The second-order valence-electron chi connectivity index (χ2n) is 12.2. The molecule has 0 bridgehead atoms. The van der Waals surface area contributed by atoms with Gasteiger partial charge in [-0.15, -0.1) is 0 Å². The van der Waals surface area contributed by atoms with E-state index >= 15 is 0 Å². The number of methoxy groups -OCH3 is 2. The molecule has 1 fully saturated rings. The Hall–Kier alpha value is -2.48. The van der Waals surface area contributed by atoms with Gasteiger partial charge in [-0.1, -0.05) is 47.6 Å². The van der Waals surface area contributed by atoms with Gasteiger partial charge < -0.3 is 29.4 Å². The molecule has 1 unspecified atom stereocenters. The van der Waals surface area contributed by atoms with Gasteiger partial charge in [0.15, 0.2) is 11.5 Å². The van der Waals surface area contributed by atoms with Crippen molar-refractivity contribution in [1.29, 1.82) is 0 Å². The van der Waals surface area contributed by atoms with Gasteiger partial charge in [0.2, 0.25) is 0 Å². The smallest absolute Gasteiger partial charge is 0.404 e. The van der Waals surface area contributed by atoms with E-state index < -0.39 is 18.3 Å². The monoisotopic (exact) mass is 535 g/mol. The largest absolute Gasteiger partial charge is 0.493 e. The quantitative estimate of drug-likeness (QED) is 0.224. The lowest BCUT2D eigenvalue weighted by Gasteiger charge is -2.33. The van der Waals surface area contributed by atoms with Crippen LogP contribution in [-0.2, 0) is 25.4 Å². The average molecular weight is 536 g/mol. The van der Waals surface area contributed by atoms with Gasteiger partial charge in [0.1, 0.15) is 12.2 Å². The maximum Gasteiger partial charge on any atom is 0.404 e. The SMILES string of the molecule is COCCCOc1cc(C[C@H](C[C@H](OC(N)=O)[C@@H]2C[C@@H](C(C)C)C(=O)O2)C(C)CC(C)(C)C)ccc1OC. The molecule has 1 heterocycles. The van der Waals surface area contributed by atoms with E-state index in [1.807, 2.05) is 32.0 Å². The molecular weight excluding hydrogens is 486 g/mol. The maximum absolute atomic E-state index is 12.5. The highest BCUT2D eigenvalue weighted by atomic mass is 16.6. The summed E-state index contributed by atoms with van der Waals surface area (Å²) in [5, 5.41) is 0. The molecule has 0 spiro atoms. The number of benzene rings is 1. The number of rotatable bonds is 15. The van der Waals surface area contributed by atoms with E-state index in [-0.39, 0.29) is 29.1 Å². The first kappa shape index (κ1) is 31.7. The fourth-order valence-corrected chi connectivity index (χ4v) is 5.43. The molecule has 0 aromatic heterocycles. The van der Waals surface area contributed by atoms with Crippen LogP contribution in [0.15, 0.2) is 18.2 Å². The molecule has 1 saturated heterocycles. The number of hydrogen-bond donors (Lipinski definition) is 1. The van der Waals surface area contributed by atoms with E-state index in [4.69, 9.17) is 29.4 Å². The number of carbonyl (C=O) groups excluding carboxylic acids is 2. The molecule has 0 aliphatic carbocycles. The third-order valence-corrected chi connectivity index (χ3v) is 7.29. The molecule has 8 heteroatoms. The van der Waals surface area contributed by atoms with Crippen LogP contribution in [0.3, 0.4) is 0 Å². The number of primary amides is 1. The summed E-state index contributed by atoms with van der Waals surface area (Å²) in [6.07, 6.45) is 1.61. The van der Waals surface area contributed by atoms with Gasteiger partial charge >= 0.3 is 12.1 Å². The standard InChI is InChI=1S/C30H49NO7/c1-19(2)23-17-27(37-28(23)32)26(38-29(31)33)16-22(20(3)18-30(4,5)6)14-21-10-11-24(35-8)25(15-21)36-13-9-12-34-7/h10-11,15,19-20,22-23,26-27H,9,12-14,16-18H2,1-8H3,(H2,31,33)/t20?,22-,23+,26+,27+/m1/s1. The van der Waals surface area contributed by atoms with Crippen molar-refractivity contribution in [3.8, 4) is 11.5 Å². The van der Waals surface area contributed by atoms with E-state index in [1.54, 1.807) is 14.2 Å². The Morgan fingerprint density at radius 1 is 1.13 bits per heavy atom. The van der Waals surface area contributed by atoms with Crippen LogP contribution in [0.4, 0.5) is 4.79 Å². The number of ether oxygens (including phenoxy) is 5. The molecule has 2 N–H and O–H groups in total. The molecular formula is C30H49NO7. The van der Waals surface area contributed by atoms with Crippen molar-refractivity contribution < 1.29 is 33.3 Å². The van der Waals surface area contributed by atoms with Gasteiger partial charge in [-0.3, -0.25) is 4.79 Å². The normalized spacial score (nSPS) is 20.1. The number of cyclic esters (lactones) is 1. The molecule has 216 valence electrons. The highest BCUT2D eigenvalue weighted by Gasteiger charge is 2.43. The molecule has 2 rings (SSSR count). The topological polar surface area (TPSA) is 106 Å². The van der Waals surface area contributed by atoms with Crippen molar-refractivity contribution >= 4 is 12.1 Å². The number of nitrogens with two attached hydrogens (primary N) is 1. The number of esters is 1. The van der Waals surface area contributed by atoms with Crippen molar-refractivity contribution in [1.82, 2.24) is 0 Å². The van der Waals surface area contributed by atoms with E-state index in [9.17, 15) is 9.59 Å². The number of hydrogen-bond acceptors (Lipinski definition) is 7. The van der Waals surface area contributed by atoms with Gasteiger partial charge in [0.25, 0.3) is 0 Å². The lowest BCUT2D eigenvalue weighted by atomic mass is 9.75. The van der Waals surface area contributed by atoms with E-state index in [0.717, 1.165) is 24.8 Å². The zero-order valence-electron chi connectivity index (χ0n) is 24.6. The Kier molecular flexibility index (Phi) is 12.2. The zero-order valence-corrected chi connectivity index (χ0v) is 24.6. The lowest BCUT2D eigenvalue weighted by Crippen LogP contribution is -2.37. The molecule has 1 aliphatic heterocycles. The molecule has 0 radical (unpaired) electrons. The Bertz CT molecular complexity index is 895. The lowest BCUT2D eigenvalue weighted by molar-refractivity contribution is -0.149. The number of carbonyl (C=O) groups is 2. The summed E-state index contributed by atoms with van der Waals surface area (Å²) in [4.78, 5) is 24.4. The van der Waals surface area contributed by atoms with E-state index in [1.165, 1.54) is 0 Å². The van der Waals surface area contributed by atoms with Crippen molar-refractivity contribution in [2.24, 2.45) is 34.8 Å². The first-order valence-corrected chi connectivity index (χ1v) is 13.8. The van der Waals surface area contributed by atoms with Crippen LogP contribution in [0.25, 0.3) is 0 Å². The predicted molar refractivity (Wildman–Crippen MR) is 147 cm³/mol. The Morgan fingerprint density at radius 3 is 2.39 bits per heavy atom. The van der Waals surface area contributed by atoms with Crippen LogP contribution in [0.5, 0.6) is 11.5 Å². The summed E-state index contributed by atoms with van der Waals surface area (Å²) < 4.78 is 28.0. The molecule has 1 aromatic rings. The minimum absolute atomic E-state index is 0.121. The Labute approximate surface area is 228 Å². The second-order valence-corrected chi connectivity index (χ2v) is 12.2. The molecule has 0 saturated carbocycles. The first-order valence-electron chi connectivity index (χ1n) is 13.8. The highest BCUT2D eigenvalue weighted by Crippen LogP contribution is 2.38. The third-order valence-electron chi connectivity index (χ3n) is 7.29. The predicted octanol–water partition coefficient (Wildman–Crippen LogP) is 5.78. The summed E-state index contributed by atoms with van der Waals surface area (Å²) >= 11 is 0. The highest BCUT2D eigenvalue weighted by molar-refractivity contribution is 5.75. The molecule has 8 nitrogen and oxygen atoms in total. The second kappa shape index (κ2) is 14.6. The van der Waals surface area contributed by atoms with Gasteiger partial charge in [-0.2, -0.15) is 0 Å². The molecule has 1 aromatic carbocycles. The Morgan fingerprint density at radius 2 is 1.84 bits per heavy atom. The molecule has 38 heavy (non-hydrogen) atoms. The third kappa shape index (κ3) is 10.0. The van der Waals surface area contributed by atoms with Crippen LogP contribution in [0.1, 0.15) is 72.8 Å². The van der Waals surface area contributed by atoms with Crippen LogP contribution in [-0.4, -0.2) is 51.7 Å². The molecule has 5 atom stereocenters. The minimum atomic E-state index is -0.850. The van der Waals surface area contributed by atoms with E-state index in [0.29, 0.717) is 43.5 Å². The summed E-state index contributed by atoms with van der Waals surface area (Å²) in [5.74, 6) is 1.54. The summed E-state index contributed by atoms with van der Waals surface area (Å²) in [5.41, 5.74) is 6.69. The summed E-state index contributed by atoms with van der Waals surface area (Å²) in [7, 11) is 3.30.